The lowest BCUT2D eigenvalue weighted by molar-refractivity contribution is -0.150. The van der Waals surface area contributed by atoms with Crippen molar-refractivity contribution in [3.63, 3.8) is 0 Å². The van der Waals surface area contributed by atoms with Crippen LogP contribution in [0.3, 0.4) is 0 Å². The highest BCUT2D eigenvalue weighted by molar-refractivity contribution is 9.10. The molecule has 1 spiro atoms. The number of para-hydroxylation sites is 1. The Bertz CT molecular complexity index is 936. The van der Waals surface area contributed by atoms with Crippen LogP contribution in [0.25, 0.3) is 0 Å². The highest BCUT2D eigenvalue weighted by Crippen LogP contribution is 2.52. The number of rotatable bonds is 3. The molecular weight excluding hydrogens is 430 g/mol. The van der Waals surface area contributed by atoms with E-state index >= 15 is 0 Å². The molecule has 0 aliphatic carbocycles. The maximum atomic E-state index is 6.75. The second-order valence-corrected chi connectivity index (χ2v) is 8.89. The van der Waals surface area contributed by atoms with E-state index in [0.717, 1.165) is 60.6 Å². The average Bonchev–Trinajstić information content (AvgIpc) is 3.21. The standard InChI is InChI=1S/C23H26BrN3O2/c1-3-26-13-11-23(12-14-26)27-20(18-5-4-6-21(28-2)22(18)29-23)15-19(25-27)16-7-9-17(24)10-8-16/h4-10,20H,3,11-15H2,1-2H3/t20-/m0/s1. The van der Waals surface area contributed by atoms with Gasteiger partial charge in [0.2, 0.25) is 5.72 Å². The number of likely N-dealkylation sites (tertiary alicyclic amines) is 1. The Balaban J connectivity index is 1.57. The summed E-state index contributed by atoms with van der Waals surface area (Å²) >= 11 is 3.53. The molecule has 3 aliphatic heterocycles. The van der Waals surface area contributed by atoms with E-state index < -0.39 is 5.72 Å². The van der Waals surface area contributed by atoms with E-state index in [9.17, 15) is 0 Å². The lowest BCUT2D eigenvalue weighted by Gasteiger charge is -2.51. The van der Waals surface area contributed by atoms with Crippen LogP contribution in [-0.4, -0.2) is 48.1 Å². The Morgan fingerprint density at radius 2 is 1.93 bits per heavy atom. The van der Waals surface area contributed by atoms with Gasteiger partial charge in [-0.05, 0) is 30.3 Å². The van der Waals surface area contributed by atoms with E-state index in [1.807, 2.05) is 6.07 Å². The third kappa shape index (κ3) is 3.13. The molecule has 3 heterocycles. The van der Waals surface area contributed by atoms with Gasteiger partial charge >= 0.3 is 0 Å². The van der Waals surface area contributed by atoms with Crippen molar-refractivity contribution < 1.29 is 9.47 Å². The summed E-state index contributed by atoms with van der Waals surface area (Å²) in [4.78, 5) is 2.48. The van der Waals surface area contributed by atoms with Crippen molar-refractivity contribution in [1.29, 1.82) is 0 Å². The minimum Gasteiger partial charge on any atom is -0.493 e. The number of halogens is 1. The number of hydrazone groups is 1. The smallest absolute Gasteiger partial charge is 0.200 e. The van der Waals surface area contributed by atoms with Gasteiger partial charge in [0.15, 0.2) is 11.5 Å². The maximum Gasteiger partial charge on any atom is 0.200 e. The number of piperidine rings is 1. The first-order valence-electron chi connectivity index (χ1n) is 10.3. The van der Waals surface area contributed by atoms with Gasteiger partial charge in [-0.1, -0.05) is 47.1 Å². The monoisotopic (exact) mass is 455 g/mol. The SMILES string of the molecule is CCN1CCC2(CC1)Oc1c(OC)cccc1[C@@H]1CC(c3ccc(Br)cc3)=NN12. The van der Waals surface area contributed by atoms with Crippen molar-refractivity contribution in [2.75, 3.05) is 26.7 Å². The zero-order valence-corrected chi connectivity index (χ0v) is 18.5. The van der Waals surface area contributed by atoms with Gasteiger partial charge in [0.25, 0.3) is 0 Å². The van der Waals surface area contributed by atoms with Gasteiger partial charge in [0.1, 0.15) is 0 Å². The zero-order valence-electron chi connectivity index (χ0n) is 16.9. The average molecular weight is 456 g/mol. The van der Waals surface area contributed by atoms with Crippen LogP contribution in [0.2, 0.25) is 0 Å². The highest BCUT2D eigenvalue weighted by atomic mass is 79.9. The number of methoxy groups -OCH3 is 1. The second-order valence-electron chi connectivity index (χ2n) is 7.98. The summed E-state index contributed by atoms with van der Waals surface area (Å²) in [6, 6.07) is 14.8. The van der Waals surface area contributed by atoms with Crippen LogP contribution in [0.5, 0.6) is 11.5 Å². The first-order chi connectivity index (χ1) is 14.1. The Kier molecular flexibility index (Phi) is 4.79. The van der Waals surface area contributed by atoms with E-state index in [2.05, 4.69) is 69.2 Å². The maximum absolute atomic E-state index is 6.75. The molecule has 0 amide bonds. The first kappa shape index (κ1) is 18.9. The Morgan fingerprint density at radius 3 is 2.62 bits per heavy atom. The van der Waals surface area contributed by atoms with Crippen LogP contribution in [-0.2, 0) is 0 Å². The van der Waals surface area contributed by atoms with Crippen LogP contribution >= 0.6 is 15.9 Å². The first-order valence-corrected chi connectivity index (χ1v) is 11.1. The molecule has 3 aliphatic rings. The Labute approximate surface area is 180 Å². The van der Waals surface area contributed by atoms with E-state index in [1.54, 1.807) is 7.11 Å². The minimum absolute atomic E-state index is 0.181. The number of fused-ring (bicyclic) bond motifs is 4. The van der Waals surface area contributed by atoms with Gasteiger partial charge in [0.05, 0.1) is 18.9 Å². The van der Waals surface area contributed by atoms with Gasteiger partial charge in [-0.15, -0.1) is 0 Å². The summed E-state index contributed by atoms with van der Waals surface area (Å²) in [5.74, 6) is 1.71. The number of ether oxygens (including phenoxy) is 2. The summed E-state index contributed by atoms with van der Waals surface area (Å²) in [7, 11) is 1.72. The fraction of sp³-hybridized carbons (Fsp3) is 0.435. The normalized spacial score (nSPS) is 22.7. The zero-order chi connectivity index (χ0) is 20.0. The molecule has 29 heavy (non-hydrogen) atoms. The van der Waals surface area contributed by atoms with Gasteiger partial charge < -0.3 is 14.4 Å². The molecule has 5 rings (SSSR count). The fourth-order valence-electron chi connectivity index (χ4n) is 4.80. The van der Waals surface area contributed by atoms with Gasteiger partial charge in [-0.3, -0.25) is 0 Å². The largest absolute Gasteiger partial charge is 0.493 e. The number of nitrogens with zero attached hydrogens (tertiary/aromatic N) is 3. The van der Waals surface area contributed by atoms with Crippen molar-refractivity contribution in [1.82, 2.24) is 9.91 Å². The van der Waals surface area contributed by atoms with Crippen LogP contribution < -0.4 is 9.47 Å². The molecule has 2 aromatic rings. The molecule has 0 saturated carbocycles. The van der Waals surface area contributed by atoms with Crippen molar-refractivity contribution in [3.8, 4) is 11.5 Å². The van der Waals surface area contributed by atoms with Crippen LogP contribution in [0.4, 0.5) is 0 Å². The molecule has 0 bridgehead atoms. The van der Waals surface area contributed by atoms with Crippen molar-refractivity contribution in [2.45, 2.75) is 38.0 Å². The predicted octanol–water partition coefficient (Wildman–Crippen LogP) is 4.81. The third-order valence-corrected chi connectivity index (χ3v) is 7.00. The summed E-state index contributed by atoms with van der Waals surface area (Å²) in [5.41, 5.74) is 3.06. The quantitative estimate of drug-likeness (QED) is 0.664. The topological polar surface area (TPSA) is 37.3 Å². The van der Waals surface area contributed by atoms with Crippen molar-refractivity contribution in [2.24, 2.45) is 5.10 Å². The molecule has 2 aromatic carbocycles. The molecule has 0 N–H and O–H groups in total. The molecule has 5 nitrogen and oxygen atoms in total. The van der Waals surface area contributed by atoms with Gasteiger partial charge in [-0.25, -0.2) is 5.01 Å². The lowest BCUT2D eigenvalue weighted by Crippen LogP contribution is -2.59. The molecular formula is C23H26BrN3O2. The minimum atomic E-state index is -0.408. The van der Waals surface area contributed by atoms with E-state index in [-0.39, 0.29) is 6.04 Å². The fourth-order valence-corrected chi connectivity index (χ4v) is 5.06. The lowest BCUT2D eigenvalue weighted by atomic mass is 9.90. The van der Waals surface area contributed by atoms with Crippen LogP contribution in [0, 0.1) is 0 Å². The second kappa shape index (κ2) is 7.33. The molecule has 1 fully saturated rings. The molecule has 0 radical (unpaired) electrons. The molecule has 0 aromatic heterocycles. The molecule has 0 unspecified atom stereocenters. The van der Waals surface area contributed by atoms with Crippen LogP contribution in [0.1, 0.15) is 43.4 Å². The number of hydrogen-bond donors (Lipinski definition) is 0. The molecule has 1 saturated heterocycles. The molecule has 152 valence electrons. The molecule has 6 heteroatoms. The third-order valence-electron chi connectivity index (χ3n) is 6.47. The van der Waals surface area contributed by atoms with Crippen LogP contribution in [0.15, 0.2) is 52.0 Å². The van der Waals surface area contributed by atoms with Crippen molar-refractivity contribution >= 4 is 21.6 Å². The van der Waals surface area contributed by atoms with E-state index in [4.69, 9.17) is 14.6 Å². The number of hydrogen-bond acceptors (Lipinski definition) is 5. The summed E-state index contributed by atoms with van der Waals surface area (Å²) in [6.07, 6.45) is 2.75. The Morgan fingerprint density at radius 1 is 1.17 bits per heavy atom. The van der Waals surface area contributed by atoms with E-state index in [1.165, 1.54) is 11.1 Å². The summed E-state index contributed by atoms with van der Waals surface area (Å²) in [6.45, 7) is 5.34. The number of benzene rings is 2. The highest BCUT2D eigenvalue weighted by Gasteiger charge is 2.52. The Hall–Kier alpha value is -2.05. The predicted molar refractivity (Wildman–Crippen MR) is 118 cm³/mol. The van der Waals surface area contributed by atoms with Gasteiger partial charge in [-0.2, -0.15) is 5.10 Å². The van der Waals surface area contributed by atoms with E-state index in [0.29, 0.717) is 0 Å². The molecule has 1 atom stereocenters. The van der Waals surface area contributed by atoms with Crippen molar-refractivity contribution in [3.05, 3.63) is 58.1 Å². The summed E-state index contributed by atoms with van der Waals surface area (Å²) in [5, 5.41) is 7.41. The summed E-state index contributed by atoms with van der Waals surface area (Å²) < 4.78 is 13.5. The van der Waals surface area contributed by atoms with Gasteiger partial charge in [0, 0.05) is 42.4 Å².